The average molecular weight is 270 g/mol. The van der Waals surface area contributed by atoms with E-state index in [0.29, 0.717) is 13.1 Å². The molecule has 0 spiro atoms. The fraction of sp³-hybridized carbons (Fsp3) is 0.929. The van der Waals surface area contributed by atoms with Crippen LogP contribution in [-0.4, -0.2) is 78.5 Å². The monoisotopic (exact) mass is 270 g/mol. The summed E-state index contributed by atoms with van der Waals surface area (Å²) in [4.78, 5) is 18.5. The number of carbonyl (C=O) groups excluding carboxylic acids is 1. The van der Waals surface area contributed by atoms with Gasteiger partial charge >= 0.3 is 0 Å². The summed E-state index contributed by atoms with van der Waals surface area (Å²) in [6.45, 7) is 13.5. The van der Waals surface area contributed by atoms with E-state index in [9.17, 15) is 4.79 Å². The Hall–Kier alpha value is -0.650. The quantitative estimate of drug-likeness (QED) is 0.776. The maximum atomic E-state index is 12.0. The van der Waals surface area contributed by atoms with Crippen molar-refractivity contribution in [2.24, 2.45) is 5.73 Å². The van der Waals surface area contributed by atoms with Crippen LogP contribution in [-0.2, 0) is 4.79 Å². The summed E-state index contributed by atoms with van der Waals surface area (Å²) in [5, 5.41) is 0. The van der Waals surface area contributed by atoms with Gasteiger partial charge in [0.05, 0.1) is 6.54 Å². The minimum Gasteiger partial charge on any atom is -0.342 e. The number of carbonyl (C=O) groups is 1. The van der Waals surface area contributed by atoms with Gasteiger partial charge in [-0.1, -0.05) is 0 Å². The molecular weight excluding hydrogens is 240 g/mol. The first kappa shape index (κ1) is 16.4. The highest BCUT2D eigenvalue weighted by molar-refractivity contribution is 5.78. The summed E-state index contributed by atoms with van der Waals surface area (Å²) in [5.41, 5.74) is 5.87. The normalized spacial score (nSPS) is 18.9. The lowest BCUT2D eigenvalue weighted by molar-refractivity contribution is -0.133. The molecule has 0 bridgehead atoms. The van der Waals surface area contributed by atoms with E-state index in [1.165, 1.54) is 0 Å². The molecule has 1 saturated heterocycles. The first-order valence-corrected chi connectivity index (χ1v) is 7.21. The highest BCUT2D eigenvalue weighted by atomic mass is 16.2. The van der Waals surface area contributed by atoms with Crippen LogP contribution in [0.3, 0.4) is 0 Å². The molecule has 112 valence electrons. The first-order chi connectivity index (χ1) is 8.77. The molecule has 0 unspecified atom stereocenters. The molecule has 5 nitrogen and oxygen atoms in total. The zero-order valence-corrected chi connectivity index (χ0v) is 13.1. The van der Waals surface area contributed by atoms with E-state index >= 15 is 0 Å². The van der Waals surface area contributed by atoms with E-state index in [1.807, 2.05) is 25.8 Å². The Morgan fingerprint density at radius 3 is 2.21 bits per heavy atom. The molecule has 1 aliphatic heterocycles. The summed E-state index contributed by atoms with van der Waals surface area (Å²) in [6, 6.07) is 0.268. The van der Waals surface area contributed by atoms with Gasteiger partial charge in [-0.15, -0.1) is 0 Å². The fourth-order valence-corrected chi connectivity index (χ4v) is 2.23. The van der Waals surface area contributed by atoms with Crippen LogP contribution in [0.25, 0.3) is 0 Å². The second-order valence-electron chi connectivity index (χ2n) is 6.38. The molecule has 0 aromatic heterocycles. The van der Waals surface area contributed by atoms with Gasteiger partial charge < -0.3 is 10.6 Å². The van der Waals surface area contributed by atoms with Gasteiger partial charge in [0.1, 0.15) is 0 Å². The smallest absolute Gasteiger partial charge is 0.236 e. The Balaban J connectivity index is 2.41. The number of nitrogens with two attached hydrogens (primary N) is 1. The summed E-state index contributed by atoms with van der Waals surface area (Å²) >= 11 is 0. The molecule has 5 heteroatoms. The van der Waals surface area contributed by atoms with Crippen LogP contribution >= 0.6 is 0 Å². The molecule has 1 aliphatic rings. The second kappa shape index (κ2) is 6.68. The third-order valence-corrected chi connectivity index (χ3v) is 4.25. The van der Waals surface area contributed by atoms with E-state index in [-0.39, 0.29) is 17.5 Å². The average Bonchev–Trinajstić information content (AvgIpc) is 2.38. The van der Waals surface area contributed by atoms with E-state index in [4.69, 9.17) is 5.73 Å². The number of piperazine rings is 1. The van der Waals surface area contributed by atoms with E-state index in [1.54, 1.807) is 0 Å². The third kappa shape index (κ3) is 4.44. The van der Waals surface area contributed by atoms with E-state index < -0.39 is 0 Å². The Labute approximate surface area is 117 Å². The minimum atomic E-state index is 0.0603. The molecule has 1 fully saturated rings. The lowest BCUT2D eigenvalue weighted by atomic mass is 10.0. The lowest BCUT2D eigenvalue weighted by Gasteiger charge is -2.43. The largest absolute Gasteiger partial charge is 0.342 e. The van der Waals surface area contributed by atoms with Gasteiger partial charge in [0.25, 0.3) is 0 Å². The summed E-state index contributed by atoms with van der Waals surface area (Å²) < 4.78 is 0. The van der Waals surface area contributed by atoms with Gasteiger partial charge in [0, 0.05) is 51.4 Å². The molecule has 0 saturated carbocycles. The van der Waals surface area contributed by atoms with Crippen molar-refractivity contribution in [1.29, 1.82) is 0 Å². The number of amides is 1. The van der Waals surface area contributed by atoms with Crippen molar-refractivity contribution in [2.75, 3.05) is 46.3 Å². The second-order valence-corrected chi connectivity index (χ2v) is 6.38. The predicted molar refractivity (Wildman–Crippen MR) is 79.1 cm³/mol. The van der Waals surface area contributed by atoms with Gasteiger partial charge in [-0.25, -0.2) is 0 Å². The number of hydrogen-bond acceptors (Lipinski definition) is 4. The number of nitrogens with zero attached hydrogens (tertiary/aromatic N) is 3. The first-order valence-electron chi connectivity index (χ1n) is 7.21. The molecule has 0 aliphatic carbocycles. The van der Waals surface area contributed by atoms with Gasteiger partial charge in [-0.05, 0) is 27.7 Å². The van der Waals surface area contributed by atoms with Crippen molar-refractivity contribution in [1.82, 2.24) is 14.7 Å². The molecule has 1 amide bonds. The molecule has 1 heterocycles. The number of rotatable bonds is 5. The Kier molecular flexibility index (Phi) is 5.77. The molecule has 19 heavy (non-hydrogen) atoms. The summed E-state index contributed by atoms with van der Waals surface area (Å²) in [6.07, 6.45) is 0. The lowest BCUT2D eigenvalue weighted by Crippen LogP contribution is -2.58. The van der Waals surface area contributed by atoms with Crippen LogP contribution in [0.5, 0.6) is 0 Å². The Morgan fingerprint density at radius 2 is 1.79 bits per heavy atom. The van der Waals surface area contributed by atoms with Crippen molar-refractivity contribution in [3.8, 4) is 0 Å². The molecule has 0 aromatic carbocycles. The topological polar surface area (TPSA) is 52.8 Å². The van der Waals surface area contributed by atoms with Crippen LogP contribution < -0.4 is 5.73 Å². The van der Waals surface area contributed by atoms with Crippen molar-refractivity contribution < 1.29 is 4.79 Å². The summed E-state index contributed by atoms with van der Waals surface area (Å²) in [7, 11) is 1.88. The van der Waals surface area contributed by atoms with Crippen LogP contribution in [0, 0.1) is 0 Å². The van der Waals surface area contributed by atoms with E-state index in [2.05, 4.69) is 23.6 Å². The maximum absolute atomic E-state index is 12.0. The molecule has 2 N–H and O–H groups in total. The predicted octanol–water partition coefficient (Wildman–Crippen LogP) is 0.208. The summed E-state index contributed by atoms with van der Waals surface area (Å²) in [5.74, 6) is 0.210. The van der Waals surface area contributed by atoms with Crippen LogP contribution in [0.2, 0.25) is 0 Å². The molecule has 0 atom stereocenters. The molecule has 1 rings (SSSR count). The van der Waals surface area contributed by atoms with Gasteiger partial charge in [-0.3, -0.25) is 14.6 Å². The van der Waals surface area contributed by atoms with Gasteiger partial charge in [0.2, 0.25) is 5.91 Å². The SMILES string of the molecule is CC(C)N(C)C(=O)CN1CCN(C(C)(C)CN)CC1. The Morgan fingerprint density at radius 1 is 1.26 bits per heavy atom. The number of hydrogen-bond donors (Lipinski definition) is 1. The minimum absolute atomic E-state index is 0.0603. The molecule has 0 radical (unpaired) electrons. The van der Waals surface area contributed by atoms with E-state index in [0.717, 1.165) is 26.2 Å². The third-order valence-electron chi connectivity index (χ3n) is 4.25. The van der Waals surface area contributed by atoms with Crippen molar-refractivity contribution in [3.63, 3.8) is 0 Å². The van der Waals surface area contributed by atoms with Gasteiger partial charge in [0.15, 0.2) is 0 Å². The van der Waals surface area contributed by atoms with Gasteiger partial charge in [-0.2, -0.15) is 0 Å². The van der Waals surface area contributed by atoms with Crippen LogP contribution in [0.4, 0.5) is 0 Å². The highest BCUT2D eigenvalue weighted by Crippen LogP contribution is 2.15. The van der Waals surface area contributed by atoms with Crippen molar-refractivity contribution >= 4 is 5.91 Å². The Bertz CT molecular complexity index is 296. The standard InChI is InChI=1S/C14H30N4O/c1-12(2)16(5)13(19)10-17-6-8-18(9-7-17)14(3,4)11-15/h12H,6-11,15H2,1-5H3. The molecule has 0 aromatic rings. The molecular formula is C14H30N4O. The zero-order valence-electron chi connectivity index (χ0n) is 13.1. The number of likely N-dealkylation sites (N-methyl/N-ethyl adjacent to an activating group) is 1. The van der Waals surface area contributed by atoms with Crippen LogP contribution in [0.1, 0.15) is 27.7 Å². The maximum Gasteiger partial charge on any atom is 0.236 e. The fourth-order valence-electron chi connectivity index (χ4n) is 2.23. The zero-order chi connectivity index (χ0) is 14.6. The van der Waals surface area contributed by atoms with Crippen molar-refractivity contribution in [3.05, 3.63) is 0 Å². The highest BCUT2D eigenvalue weighted by Gasteiger charge is 2.29. The van der Waals surface area contributed by atoms with Crippen molar-refractivity contribution in [2.45, 2.75) is 39.3 Å². The van der Waals surface area contributed by atoms with Crippen LogP contribution in [0.15, 0.2) is 0 Å².